The van der Waals surface area contributed by atoms with E-state index >= 15 is 0 Å². The molecule has 1 aromatic rings. The summed E-state index contributed by atoms with van der Waals surface area (Å²) in [5.74, 6) is 0.495. The van der Waals surface area contributed by atoms with Crippen LogP contribution >= 0.6 is 11.8 Å². The normalized spacial score (nSPS) is 19.2. The molecule has 0 radical (unpaired) electrons. The second-order valence-corrected chi connectivity index (χ2v) is 6.25. The number of rotatable bonds is 4. The summed E-state index contributed by atoms with van der Waals surface area (Å²) in [5.41, 5.74) is 1.34. The zero-order valence-corrected chi connectivity index (χ0v) is 12.5. The van der Waals surface area contributed by atoms with E-state index in [0.717, 1.165) is 30.1 Å². The van der Waals surface area contributed by atoms with Crippen molar-refractivity contribution in [3.05, 3.63) is 23.8 Å². The second kappa shape index (κ2) is 5.87. The zero-order chi connectivity index (χ0) is 14.0. The summed E-state index contributed by atoms with van der Waals surface area (Å²) < 4.78 is 0. The summed E-state index contributed by atoms with van der Waals surface area (Å²) in [6.07, 6.45) is 3.08. The van der Waals surface area contributed by atoms with Gasteiger partial charge in [0.15, 0.2) is 0 Å². The highest BCUT2D eigenvalue weighted by atomic mass is 32.2. The van der Waals surface area contributed by atoms with E-state index in [2.05, 4.69) is 18.7 Å². The van der Waals surface area contributed by atoms with Gasteiger partial charge < -0.3 is 10.0 Å². The lowest BCUT2D eigenvalue weighted by Gasteiger charge is -2.22. The van der Waals surface area contributed by atoms with E-state index in [4.69, 9.17) is 0 Å². The molecule has 104 valence electrons. The Morgan fingerprint density at radius 1 is 1.47 bits per heavy atom. The molecular formula is C15H21NO2S. The van der Waals surface area contributed by atoms with Crippen molar-refractivity contribution in [2.24, 2.45) is 11.8 Å². The number of carboxylic acid groups (broad SMARTS) is 1. The third-order valence-corrected chi connectivity index (χ3v) is 4.73. The van der Waals surface area contributed by atoms with Crippen LogP contribution in [-0.2, 0) is 0 Å². The predicted octanol–water partition coefficient (Wildman–Crippen LogP) is 3.59. The first-order valence-electron chi connectivity index (χ1n) is 6.69. The first-order chi connectivity index (χ1) is 9.04. The van der Waals surface area contributed by atoms with Crippen LogP contribution < -0.4 is 4.90 Å². The molecule has 0 aromatic heterocycles. The van der Waals surface area contributed by atoms with E-state index in [0.29, 0.717) is 17.4 Å². The minimum Gasteiger partial charge on any atom is -0.478 e. The molecule has 3 nitrogen and oxygen atoms in total. The van der Waals surface area contributed by atoms with Crippen LogP contribution in [0.2, 0.25) is 0 Å². The third-order valence-electron chi connectivity index (χ3n) is 3.95. The summed E-state index contributed by atoms with van der Waals surface area (Å²) >= 11 is 1.50. The first kappa shape index (κ1) is 14.3. The number of carbonyl (C=O) groups is 1. The van der Waals surface area contributed by atoms with Gasteiger partial charge in [-0.05, 0) is 36.6 Å². The monoisotopic (exact) mass is 279 g/mol. The largest absolute Gasteiger partial charge is 0.478 e. The van der Waals surface area contributed by atoms with Gasteiger partial charge in [0.2, 0.25) is 0 Å². The minimum atomic E-state index is -0.826. The standard InChI is InChI=1S/C15H21NO2S/c1-10(2)11-7-8-16(9-11)12-5-4-6-13(19-3)14(12)15(17)18/h4-6,10-11H,7-9H2,1-3H3,(H,17,18). The Bertz CT molecular complexity index is 473. The fourth-order valence-electron chi connectivity index (χ4n) is 2.72. The van der Waals surface area contributed by atoms with Gasteiger partial charge in [-0.25, -0.2) is 4.79 Å². The molecule has 2 rings (SSSR count). The van der Waals surface area contributed by atoms with Crippen molar-refractivity contribution in [2.45, 2.75) is 25.2 Å². The summed E-state index contributed by atoms with van der Waals surface area (Å²) in [4.78, 5) is 14.6. The third kappa shape index (κ3) is 2.89. The molecule has 0 amide bonds. The number of hydrogen-bond acceptors (Lipinski definition) is 3. The van der Waals surface area contributed by atoms with Gasteiger partial charge in [-0.1, -0.05) is 19.9 Å². The molecule has 1 fully saturated rings. The number of benzene rings is 1. The topological polar surface area (TPSA) is 40.5 Å². The molecule has 4 heteroatoms. The van der Waals surface area contributed by atoms with E-state index in [1.807, 2.05) is 24.5 Å². The van der Waals surface area contributed by atoms with Crippen LogP contribution in [0.1, 0.15) is 30.6 Å². The van der Waals surface area contributed by atoms with Crippen molar-refractivity contribution in [2.75, 3.05) is 24.2 Å². The van der Waals surface area contributed by atoms with E-state index < -0.39 is 5.97 Å². The Morgan fingerprint density at radius 2 is 2.21 bits per heavy atom. The van der Waals surface area contributed by atoms with E-state index in [-0.39, 0.29) is 0 Å². The van der Waals surface area contributed by atoms with Crippen LogP contribution in [0.4, 0.5) is 5.69 Å². The fourth-order valence-corrected chi connectivity index (χ4v) is 3.33. The summed E-state index contributed by atoms with van der Waals surface area (Å²) in [6, 6.07) is 5.77. The van der Waals surface area contributed by atoms with Crippen LogP contribution in [0.15, 0.2) is 23.1 Å². The highest BCUT2D eigenvalue weighted by molar-refractivity contribution is 7.98. The predicted molar refractivity (Wildman–Crippen MR) is 80.3 cm³/mol. The second-order valence-electron chi connectivity index (χ2n) is 5.40. The van der Waals surface area contributed by atoms with Gasteiger partial charge >= 0.3 is 5.97 Å². The van der Waals surface area contributed by atoms with E-state index in [9.17, 15) is 9.90 Å². The molecule has 1 heterocycles. The molecule has 1 aliphatic heterocycles. The maximum absolute atomic E-state index is 11.5. The van der Waals surface area contributed by atoms with Crippen molar-refractivity contribution in [1.82, 2.24) is 0 Å². The Kier molecular flexibility index (Phi) is 4.40. The Labute approximate surface area is 119 Å². The lowest BCUT2D eigenvalue weighted by molar-refractivity contribution is 0.0694. The van der Waals surface area contributed by atoms with Crippen molar-refractivity contribution >= 4 is 23.4 Å². The first-order valence-corrected chi connectivity index (χ1v) is 7.92. The number of carboxylic acids is 1. The lowest BCUT2D eigenvalue weighted by Crippen LogP contribution is -2.23. The smallest absolute Gasteiger partial charge is 0.338 e. The van der Waals surface area contributed by atoms with Crippen LogP contribution in [0.3, 0.4) is 0 Å². The molecule has 19 heavy (non-hydrogen) atoms. The Hall–Kier alpha value is -1.16. The number of thioether (sulfide) groups is 1. The molecule has 0 aliphatic carbocycles. The highest BCUT2D eigenvalue weighted by Gasteiger charge is 2.28. The Balaban J connectivity index is 2.33. The molecule has 0 spiro atoms. The lowest BCUT2D eigenvalue weighted by atomic mass is 9.95. The average molecular weight is 279 g/mol. The molecule has 1 atom stereocenters. The van der Waals surface area contributed by atoms with Gasteiger partial charge in [-0.3, -0.25) is 0 Å². The van der Waals surface area contributed by atoms with Gasteiger partial charge in [0.1, 0.15) is 0 Å². The molecule has 1 aromatic carbocycles. The molecule has 1 aliphatic rings. The average Bonchev–Trinajstić information content (AvgIpc) is 2.87. The van der Waals surface area contributed by atoms with E-state index in [1.165, 1.54) is 11.8 Å². The molecule has 1 saturated heterocycles. The van der Waals surface area contributed by atoms with Crippen LogP contribution in [0, 0.1) is 11.8 Å². The van der Waals surface area contributed by atoms with Crippen LogP contribution in [-0.4, -0.2) is 30.4 Å². The van der Waals surface area contributed by atoms with Gasteiger partial charge in [0, 0.05) is 18.0 Å². The number of hydrogen-bond donors (Lipinski definition) is 1. The quantitative estimate of drug-likeness (QED) is 0.855. The van der Waals surface area contributed by atoms with Gasteiger partial charge in [0.25, 0.3) is 0 Å². The summed E-state index contributed by atoms with van der Waals surface area (Å²) in [5, 5.41) is 9.47. The maximum Gasteiger partial charge on any atom is 0.338 e. The molecule has 0 saturated carbocycles. The number of anilines is 1. The van der Waals surface area contributed by atoms with Crippen LogP contribution in [0.25, 0.3) is 0 Å². The van der Waals surface area contributed by atoms with Gasteiger partial charge in [0.05, 0.1) is 11.3 Å². The Morgan fingerprint density at radius 3 is 2.74 bits per heavy atom. The van der Waals surface area contributed by atoms with Gasteiger partial charge in [-0.2, -0.15) is 0 Å². The fraction of sp³-hybridized carbons (Fsp3) is 0.533. The maximum atomic E-state index is 11.5. The minimum absolute atomic E-state index is 0.458. The van der Waals surface area contributed by atoms with Crippen LogP contribution in [0.5, 0.6) is 0 Å². The number of nitrogens with zero attached hydrogens (tertiary/aromatic N) is 1. The molecule has 1 N–H and O–H groups in total. The number of aromatic carboxylic acids is 1. The summed E-state index contributed by atoms with van der Waals surface area (Å²) in [7, 11) is 0. The van der Waals surface area contributed by atoms with E-state index in [1.54, 1.807) is 0 Å². The zero-order valence-electron chi connectivity index (χ0n) is 11.7. The van der Waals surface area contributed by atoms with Gasteiger partial charge in [-0.15, -0.1) is 11.8 Å². The van der Waals surface area contributed by atoms with Crippen molar-refractivity contribution < 1.29 is 9.90 Å². The van der Waals surface area contributed by atoms with Crippen molar-refractivity contribution in [3.8, 4) is 0 Å². The molecule has 1 unspecified atom stereocenters. The molecule has 0 bridgehead atoms. The SMILES string of the molecule is CSc1cccc(N2CCC(C(C)C)C2)c1C(=O)O. The molecular weight excluding hydrogens is 258 g/mol. The highest BCUT2D eigenvalue weighted by Crippen LogP contribution is 2.34. The summed E-state index contributed by atoms with van der Waals surface area (Å²) in [6.45, 7) is 6.41. The van der Waals surface area contributed by atoms with Crippen molar-refractivity contribution in [3.63, 3.8) is 0 Å². The van der Waals surface area contributed by atoms with Crippen molar-refractivity contribution in [1.29, 1.82) is 0 Å².